The lowest BCUT2D eigenvalue weighted by molar-refractivity contribution is 0.626. The predicted molar refractivity (Wildman–Crippen MR) is 79.1 cm³/mol. The van der Waals surface area contributed by atoms with Crippen LogP contribution in [0.1, 0.15) is 30.4 Å². The highest BCUT2D eigenvalue weighted by Crippen LogP contribution is 2.19. The summed E-state index contributed by atoms with van der Waals surface area (Å²) in [6, 6.07) is 15.5. The molecule has 0 amide bonds. The summed E-state index contributed by atoms with van der Waals surface area (Å²) < 4.78 is 13.2. The van der Waals surface area contributed by atoms with Crippen LogP contribution < -0.4 is 5.32 Å². The second kappa shape index (κ2) is 6.37. The fourth-order valence-electron chi connectivity index (χ4n) is 2.22. The van der Waals surface area contributed by atoms with Crippen LogP contribution in [0.3, 0.4) is 0 Å². The molecule has 19 heavy (non-hydrogen) atoms. The maximum Gasteiger partial charge on any atom is 0.125 e. The first-order valence-corrected chi connectivity index (χ1v) is 6.71. The van der Waals surface area contributed by atoms with Gasteiger partial charge >= 0.3 is 0 Å². The topological polar surface area (TPSA) is 12.0 Å². The van der Waals surface area contributed by atoms with Crippen molar-refractivity contribution < 1.29 is 4.39 Å². The Morgan fingerprint density at radius 2 is 1.84 bits per heavy atom. The quantitative estimate of drug-likeness (QED) is 0.815. The van der Waals surface area contributed by atoms with Crippen LogP contribution in [0.4, 0.5) is 10.1 Å². The zero-order valence-electron chi connectivity index (χ0n) is 11.5. The van der Waals surface area contributed by atoms with E-state index in [0.717, 1.165) is 24.2 Å². The van der Waals surface area contributed by atoms with Gasteiger partial charge in [0.2, 0.25) is 0 Å². The highest BCUT2D eigenvalue weighted by atomic mass is 19.1. The van der Waals surface area contributed by atoms with Crippen molar-refractivity contribution in [3.05, 3.63) is 65.5 Å². The number of anilines is 1. The van der Waals surface area contributed by atoms with E-state index < -0.39 is 0 Å². The molecule has 2 heteroatoms. The summed E-state index contributed by atoms with van der Waals surface area (Å²) in [6.45, 7) is 4.97. The number of benzene rings is 2. The Hall–Kier alpha value is -1.83. The monoisotopic (exact) mass is 257 g/mol. The molecule has 0 spiro atoms. The third-order valence-corrected chi connectivity index (χ3v) is 3.32. The first kappa shape index (κ1) is 13.6. The Labute approximate surface area is 114 Å². The normalized spacial score (nSPS) is 12.2. The highest BCUT2D eigenvalue weighted by molar-refractivity contribution is 5.45. The van der Waals surface area contributed by atoms with Crippen LogP contribution in [-0.2, 0) is 0 Å². The summed E-state index contributed by atoms with van der Waals surface area (Å²) in [6.07, 6.45) is 1.03. The van der Waals surface area contributed by atoms with Gasteiger partial charge in [0.05, 0.1) is 0 Å². The van der Waals surface area contributed by atoms with Crippen LogP contribution >= 0.6 is 0 Å². The molecule has 2 rings (SSSR count). The van der Waals surface area contributed by atoms with Crippen LogP contribution in [-0.4, -0.2) is 6.54 Å². The lowest BCUT2D eigenvalue weighted by atomic mass is 9.98. The van der Waals surface area contributed by atoms with E-state index in [1.807, 2.05) is 19.1 Å². The van der Waals surface area contributed by atoms with Gasteiger partial charge in [0.1, 0.15) is 5.82 Å². The summed E-state index contributed by atoms with van der Waals surface area (Å²) in [7, 11) is 0. The van der Waals surface area contributed by atoms with Gasteiger partial charge in [-0.15, -0.1) is 0 Å². The van der Waals surface area contributed by atoms with Crippen molar-refractivity contribution in [2.24, 2.45) is 0 Å². The molecule has 0 fully saturated rings. The molecule has 1 atom stereocenters. The van der Waals surface area contributed by atoms with E-state index in [-0.39, 0.29) is 5.82 Å². The zero-order valence-corrected chi connectivity index (χ0v) is 11.5. The fourth-order valence-corrected chi connectivity index (χ4v) is 2.22. The molecule has 0 aliphatic rings. The third kappa shape index (κ3) is 4.09. The van der Waals surface area contributed by atoms with Crippen molar-refractivity contribution >= 4 is 5.69 Å². The average molecular weight is 257 g/mol. The molecular formula is C17H20FN. The first-order valence-electron chi connectivity index (χ1n) is 6.71. The summed E-state index contributed by atoms with van der Waals surface area (Å²) in [5, 5.41) is 3.29. The smallest absolute Gasteiger partial charge is 0.125 e. The fraction of sp³-hybridized carbons (Fsp3) is 0.294. The second-order valence-electron chi connectivity index (χ2n) is 5.04. The predicted octanol–water partition coefficient (Wildman–Crippen LogP) is 4.74. The van der Waals surface area contributed by atoms with Gasteiger partial charge in [-0.25, -0.2) is 4.39 Å². The minimum absolute atomic E-state index is 0.182. The van der Waals surface area contributed by atoms with E-state index >= 15 is 0 Å². The Bertz CT molecular complexity index is 502. The number of halogens is 1. The van der Waals surface area contributed by atoms with Gasteiger partial charge in [-0.3, -0.25) is 0 Å². The SMILES string of the molecule is Cc1cc(F)cc(NCCC(C)c2ccccc2)c1. The van der Waals surface area contributed by atoms with Crippen molar-refractivity contribution in [3.8, 4) is 0 Å². The molecule has 0 saturated carbocycles. The van der Waals surface area contributed by atoms with Crippen molar-refractivity contribution in [1.29, 1.82) is 0 Å². The van der Waals surface area contributed by atoms with Crippen LogP contribution in [0.15, 0.2) is 48.5 Å². The molecule has 2 aromatic carbocycles. The third-order valence-electron chi connectivity index (χ3n) is 3.32. The molecule has 0 bridgehead atoms. The average Bonchev–Trinajstić information content (AvgIpc) is 2.38. The van der Waals surface area contributed by atoms with E-state index in [4.69, 9.17) is 0 Å². The standard InChI is InChI=1S/C17H20FN/c1-13-10-16(18)12-17(11-13)19-9-8-14(2)15-6-4-3-5-7-15/h3-7,10-12,14,19H,8-9H2,1-2H3. The zero-order chi connectivity index (χ0) is 13.7. The van der Waals surface area contributed by atoms with Gasteiger partial charge in [0, 0.05) is 12.2 Å². The number of rotatable bonds is 5. The largest absolute Gasteiger partial charge is 0.385 e. The lowest BCUT2D eigenvalue weighted by Crippen LogP contribution is -2.06. The Morgan fingerprint density at radius 1 is 1.11 bits per heavy atom. The van der Waals surface area contributed by atoms with Gasteiger partial charge in [0.25, 0.3) is 0 Å². The highest BCUT2D eigenvalue weighted by Gasteiger charge is 2.04. The van der Waals surface area contributed by atoms with Crippen molar-refractivity contribution in [2.75, 3.05) is 11.9 Å². The van der Waals surface area contributed by atoms with E-state index in [9.17, 15) is 4.39 Å². The van der Waals surface area contributed by atoms with E-state index in [1.165, 1.54) is 11.6 Å². The van der Waals surface area contributed by atoms with Gasteiger partial charge in [0.15, 0.2) is 0 Å². The van der Waals surface area contributed by atoms with Crippen molar-refractivity contribution in [1.82, 2.24) is 0 Å². The molecule has 1 nitrogen and oxygen atoms in total. The van der Waals surface area contributed by atoms with Crippen molar-refractivity contribution in [3.63, 3.8) is 0 Å². The second-order valence-corrected chi connectivity index (χ2v) is 5.04. The molecule has 0 aromatic heterocycles. The van der Waals surface area contributed by atoms with Crippen LogP contribution in [0.5, 0.6) is 0 Å². The molecule has 0 aliphatic carbocycles. The molecule has 0 aliphatic heterocycles. The molecule has 2 aromatic rings. The van der Waals surface area contributed by atoms with Gasteiger partial charge < -0.3 is 5.32 Å². The maximum atomic E-state index is 13.2. The first-order chi connectivity index (χ1) is 9.15. The van der Waals surface area contributed by atoms with E-state index in [2.05, 4.69) is 36.5 Å². The minimum Gasteiger partial charge on any atom is -0.385 e. The van der Waals surface area contributed by atoms with E-state index in [0.29, 0.717) is 5.92 Å². The molecule has 1 unspecified atom stereocenters. The molecule has 0 radical (unpaired) electrons. The summed E-state index contributed by atoms with van der Waals surface area (Å²) in [5.74, 6) is 0.321. The van der Waals surface area contributed by atoms with Crippen LogP contribution in [0.2, 0.25) is 0 Å². The Balaban J connectivity index is 1.86. The summed E-state index contributed by atoms with van der Waals surface area (Å²) in [5.41, 5.74) is 3.15. The van der Waals surface area contributed by atoms with Crippen LogP contribution in [0, 0.1) is 12.7 Å². The van der Waals surface area contributed by atoms with Gasteiger partial charge in [-0.05, 0) is 48.6 Å². The van der Waals surface area contributed by atoms with Gasteiger partial charge in [-0.1, -0.05) is 37.3 Å². The van der Waals surface area contributed by atoms with E-state index in [1.54, 1.807) is 6.07 Å². The van der Waals surface area contributed by atoms with Crippen LogP contribution in [0.25, 0.3) is 0 Å². The molecule has 0 saturated heterocycles. The Morgan fingerprint density at radius 3 is 2.53 bits per heavy atom. The molecule has 0 heterocycles. The lowest BCUT2D eigenvalue weighted by Gasteiger charge is -2.13. The maximum absolute atomic E-state index is 13.2. The molecule has 1 N–H and O–H groups in total. The minimum atomic E-state index is -0.182. The number of nitrogens with one attached hydrogen (secondary N) is 1. The molecular weight excluding hydrogens is 237 g/mol. The number of aryl methyl sites for hydroxylation is 1. The summed E-state index contributed by atoms with van der Waals surface area (Å²) in [4.78, 5) is 0. The van der Waals surface area contributed by atoms with Crippen molar-refractivity contribution in [2.45, 2.75) is 26.2 Å². The summed E-state index contributed by atoms with van der Waals surface area (Å²) >= 11 is 0. The Kier molecular flexibility index (Phi) is 4.56. The molecule has 100 valence electrons. The van der Waals surface area contributed by atoms with Gasteiger partial charge in [-0.2, -0.15) is 0 Å². The number of hydrogen-bond acceptors (Lipinski definition) is 1. The number of hydrogen-bond donors (Lipinski definition) is 1.